The summed E-state index contributed by atoms with van der Waals surface area (Å²) in [6, 6.07) is 10.0. The van der Waals surface area contributed by atoms with Crippen molar-refractivity contribution in [2.24, 2.45) is 0 Å². The molecule has 0 atom stereocenters. The zero-order chi connectivity index (χ0) is 28.9. The van der Waals surface area contributed by atoms with Gasteiger partial charge in [-0.05, 0) is 62.1 Å². The van der Waals surface area contributed by atoms with Crippen LogP contribution in [0.25, 0.3) is 10.9 Å². The normalized spacial score (nSPS) is 17.4. The number of Topliss-reactive ketones (excluding diaryl/α,β-unsaturated/α-hetero) is 1. The second-order valence-electron chi connectivity index (χ2n) is 9.47. The number of carbonyl (C=O) groups excluding carboxylic acids is 2. The molecule has 9 nitrogen and oxygen atoms in total. The minimum absolute atomic E-state index is 0.111. The van der Waals surface area contributed by atoms with Crippen molar-refractivity contribution < 1.29 is 36.8 Å². The van der Waals surface area contributed by atoms with Gasteiger partial charge in [-0.1, -0.05) is 6.07 Å². The Morgan fingerprint density at radius 1 is 1.05 bits per heavy atom. The molecule has 0 radical (unpaired) electrons. The average Bonchev–Trinajstić information content (AvgIpc) is 2.91. The van der Waals surface area contributed by atoms with E-state index < -0.39 is 39.9 Å². The second kappa shape index (κ2) is 12.4. The van der Waals surface area contributed by atoms with E-state index in [-0.39, 0.29) is 37.4 Å². The fourth-order valence-corrected chi connectivity index (χ4v) is 4.59. The van der Waals surface area contributed by atoms with Gasteiger partial charge in [-0.25, -0.2) is 4.39 Å². The average molecular weight is 563 g/mol. The van der Waals surface area contributed by atoms with E-state index in [1.807, 2.05) is 0 Å². The summed E-state index contributed by atoms with van der Waals surface area (Å²) in [7, 11) is 0. The third-order valence-electron chi connectivity index (χ3n) is 6.59. The predicted molar refractivity (Wildman–Crippen MR) is 137 cm³/mol. The van der Waals surface area contributed by atoms with Gasteiger partial charge in [-0.2, -0.15) is 13.2 Å². The van der Waals surface area contributed by atoms with Crippen LogP contribution < -0.4 is 10.6 Å². The second-order valence-corrected chi connectivity index (χ2v) is 9.47. The molecule has 1 saturated carbocycles. The van der Waals surface area contributed by atoms with Gasteiger partial charge < -0.3 is 15.4 Å². The molecular formula is C27H26F4N4O5. The van der Waals surface area contributed by atoms with Gasteiger partial charge in [0.25, 0.3) is 11.6 Å². The fraction of sp³-hybridized carbons (Fsp3) is 0.370. The SMILES string of the molecule is O=C(Cc1ccc2cc(F)ccc2n1)C(=O)NCCOC1CCC(Nc2ccc([N+](=O)[O-])c(C(F)(F)F)c2)CC1. The number of nitrogens with zero attached hydrogens (tertiary/aromatic N) is 2. The van der Waals surface area contributed by atoms with Crippen LogP contribution in [0.5, 0.6) is 0 Å². The summed E-state index contributed by atoms with van der Waals surface area (Å²) >= 11 is 0. The lowest BCUT2D eigenvalue weighted by Crippen LogP contribution is -2.36. The molecule has 1 amide bonds. The largest absolute Gasteiger partial charge is 0.423 e. The van der Waals surface area contributed by atoms with Crippen molar-refractivity contribution in [3.05, 3.63) is 75.7 Å². The maximum Gasteiger partial charge on any atom is 0.423 e. The van der Waals surface area contributed by atoms with Gasteiger partial charge in [-0.3, -0.25) is 24.7 Å². The number of nitrogens with one attached hydrogen (secondary N) is 2. The Morgan fingerprint density at radius 3 is 2.50 bits per heavy atom. The van der Waals surface area contributed by atoms with E-state index in [0.717, 1.165) is 12.1 Å². The molecule has 0 spiro atoms. The van der Waals surface area contributed by atoms with E-state index in [2.05, 4.69) is 15.6 Å². The standard InChI is InChI=1S/C27H26F4N4O5/c28-17-2-9-23-16(13-17)1-3-20(34-23)15-25(36)26(37)32-11-12-40-21-7-4-18(5-8-21)33-19-6-10-24(35(38)39)22(14-19)27(29,30)31/h1-3,6,9-10,13-14,18,21,33H,4-5,7-8,11-12,15H2,(H,32,37). The highest BCUT2D eigenvalue weighted by Crippen LogP contribution is 2.38. The summed E-state index contributed by atoms with van der Waals surface area (Å²) in [6.45, 7) is 0.301. The zero-order valence-electron chi connectivity index (χ0n) is 21.2. The van der Waals surface area contributed by atoms with E-state index in [9.17, 15) is 37.3 Å². The quantitative estimate of drug-likeness (QED) is 0.118. The number of fused-ring (bicyclic) bond motifs is 1. The summed E-state index contributed by atoms with van der Waals surface area (Å²) in [5.41, 5.74) is -1.23. The number of amides is 1. The topological polar surface area (TPSA) is 123 Å². The Bertz CT molecular complexity index is 1410. The number of halogens is 4. The van der Waals surface area contributed by atoms with Crippen LogP contribution in [-0.2, 0) is 26.9 Å². The third kappa shape index (κ3) is 7.50. The first-order chi connectivity index (χ1) is 19.0. The lowest BCUT2D eigenvalue weighted by molar-refractivity contribution is -0.388. The van der Waals surface area contributed by atoms with Gasteiger partial charge in [0, 0.05) is 35.4 Å². The molecule has 13 heteroatoms. The lowest BCUT2D eigenvalue weighted by Gasteiger charge is -2.30. The molecule has 4 rings (SSSR count). The number of ether oxygens (including phenoxy) is 1. The first-order valence-corrected chi connectivity index (χ1v) is 12.6. The van der Waals surface area contributed by atoms with Crippen LogP contribution in [0.1, 0.15) is 36.9 Å². The van der Waals surface area contributed by atoms with E-state index in [0.29, 0.717) is 42.3 Å². The minimum atomic E-state index is -4.85. The molecule has 1 aromatic heterocycles. The Morgan fingerprint density at radius 2 is 1.80 bits per heavy atom. The van der Waals surface area contributed by atoms with Crippen LogP contribution in [0.3, 0.4) is 0 Å². The molecular weight excluding hydrogens is 536 g/mol. The highest BCUT2D eigenvalue weighted by atomic mass is 19.4. The lowest BCUT2D eigenvalue weighted by atomic mass is 9.92. The molecule has 1 aliphatic carbocycles. The molecule has 1 heterocycles. The van der Waals surface area contributed by atoms with Crippen molar-refractivity contribution in [1.82, 2.24) is 10.3 Å². The number of rotatable bonds is 10. The van der Waals surface area contributed by atoms with Crippen LogP contribution >= 0.6 is 0 Å². The van der Waals surface area contributed by atoms with E-state index in [1.54, 1.807) is 12.1 Å². The smallest absolute Gasteiger partial charge is 0.382 e. The summed E-state index contributed by atoms with van der Waals surface area (Å²) < 4.78 is 58.7. The van der Waals surface area contributed by atoms with E-state index in [1.165, 1.54) is 24.3 Å². The molecule has 0 aliphatic heterocycles. The van der Waals surface area contributed by atoms with Crippen molar-refractivity contribution in [3.63, 3.8) is 0 Å². The predicted octanol–water partition coefficient (Wildman–Crippen LogP) is 4.97. The number of anilines is 1. The van der Waals surface area contributed by atoms with Crippen LogP contribution in [0.15, 0.2) is 48.5 Å². The van der Waals surface area contributed by atoms with E-state index in [4.69, 9.17) is 4.74 Å². The minimum Gasteiger partial charge on any atom is -0.382 e. The van der Waals surface area contributed by atoms with Crippen molar-refractivity contribution in [1.29, 1.82) is 0 Å². The molecule has 2 aromatic carbocycles. The maximum atomic E-state index is 13.3. The number of ketones is 1. The van der Waals surface area contributed by atoms with E-state index >= 15 is 0 Å². The molecule has 0 saturated heterocycles. The molecule has 40 heavy (non-hydrogen) atoms. The number of alkyl halides is 3. The molecule has 2 N–H and O–H groups in total. The van der Waals surface area contributed by atoms with Crippen LogP contribution in [0.2, 0.25) is 0 Å². The molecule has 0 unspecified atom stereocenters. The van der Waals surface area contributed by atoms with Gasteiger partial charge >= 0.3 is 6.18 Å². The van der Waals surface area contributed by atoms with Crippen LogP contribution in [-0.4, -0.2) is 46.9 Å². The number of hydrogen-bond acceptors (Lipinski definition) is 7. The highest BCUT2D eigenvalue weighted by molar-refractivity contribution is 6.36. The number of pyridine rings is 1. The van der Waals surface area contributed by atoms with Gasteiger partial charge in [0.15, 0.2) is 0 Å². The van der Waals surface area contributed by atoms with Crippen molar-refractivity contribution in [2.45, 2.75) is 50.4 Å². The van der Waals surface area contributed by atoms with Crippen molar-refractivity contribution in [2.75, 3.05) is 18.5 Å². The number of hydrogen-bond donors (Lipinski definition) is 2. The van der Waals surface area contributed by atoms with Gasteiger partial charge in [0.05, 0.1) is 29.6 Å². The molecule has 1 aliphatic rings. The first kappa shape index (κ1) is 28.9. The molecule has 1 fully saturated rings. The maximum absolute atomic E-state index is 13.3. The zero-order valence-corrected chi connectivity index (χ0v) is 21.2. The highest BCUT2D eigenvalue weighted by Gasteiger charge is 2.38. The van der Waals surface area contributed by atoms with Gasteiger partial charge in [0.1, 0.15) is 11.4 Å². The monoisotopic (exact) mass is 562 g/mol. The van der Waals surface area contributed by atoms with Crippen molar-refractivity contribution in [3.8, 4) is 0 Å². The summed E-state index contributed by atoms with van der Waals surface area (Å²) in [5, 5.41) is 17.0. The number of benzene rings is 2. The van der Waals surface area contributed by atoms with Crippen LogP contribution in [0.4, 0.5) is 28.9 Å². The summed E-state index contributed by atoms with van der Waals surface area (Å²) in [4.78, 5) is 38.6. The number of nitro benzene ring substituents is 1. The fourth-order valence-electron chi connectivity index (χ4n) is 4.59. The Kier molecular flexibility index (Phi) is 8.93. The third-order valence-corrected chi connectivity index (χ3v) is 6.59. The van der Waals surface area contributed by atoms with Gasteiger partial charge in [-0.15, -0.1) is 0 Å². The van der Waals surface area contributed by atoms with Crippen molar-refractivity contribution >= 4 is 34.0 Å². The van der Waals surface area contributed by atoms with Gasteiger partial charge in [0.2, 0.25) is 5.78 Å². The molecule has 212 valence electrons. The number of carbonyl (C=O) groups is 2. The number of aromatic nitrogens is 1. The van der Waals surface area contributed by atoms with Crippen LogP contribution in [0, 0.1) is 15.9 Å². The summed E-state index contributed by atoms with van der Waals surface area (Å²) in [6.07, 6.45) is -2.68. The molecule has 0 bridgehead atoms. The first-order valence-electron chi connectivity index (χ1n) is 12.6. The summed E-state index contributed by atoms with van der Waals surface area (Å²) in [5.74, 6) is -1.83. The Hall–Kier alpha value is -4.13. The molecule has 3 aromatic rings. The Balaban J connectivity index is 1.17. The Labute approximate surface area is 226 Å². The number of nitro groups is 1.